The first-order valence-corrected chi connectivity index (χ1v) is 9.46. The maximum atomic E-state index is 13.1. The summed E-state index contributed by atoms with van der Waals surface area (Å²) in [5, 5.41) is 4.53. The molecule has 2 aliphatic heterocycles. The first kappa shape index (κ1) is 16.5. The van der Waals surface area contributed by atoms with Crippen molar-refractivity contribution >= 4 is 16.9 Å². The molecule has 1 fully saturated rings. The monoisotopic (exact) mass is 365 g/mol. The van der Waals surface area contributed by atoms with Crippen LogP contribution in [-0.4, -0.2) is 49.7 Å². The Kier molecular flexibility index (Phi) is 3.62. The van der Waals surface area contributed by atoms with Crippen molar-refractivity contribution in [2.45, 2.75) is 38.4 Å². The zero-order valence-corrected chi connectivity index (χ0v) is 15.8. The average Bonchev–Trinajstić information content (AvgIpc) is 3.14. The fourth-order valence-corrected chi connectivity index (χ4v) is 4.34. The Morgan fingerprint density at radius 2 is 2.04 bits per heavy atom. The van der Waals surface area contributed by atoms with Gasteiger partial charge in [-0.25, -0.2) is 4.98 Å². The first-order chi connectivity index (χ1) is 13.0. The lowest BCUT2D eigenvalue weighted by Crippen LogP contribution is -2.49. The molecule has 1 aromatic carbocycles. The number of para-hydroxylation sites is 2. The standard InChI is InChI=1S/C20H23N5O2/c1-11-8-14-17(23-24(3)18(14)12(2)27-11)20(26)25-9-13(10-25)19-21-15-6-4-5-7-16(15)22-19/h4-7,11-13H,8-10H2,1-3H3,(H,21,22)/t11-,12+/m1/s1. The van der Waals surface area contributed by atoms with E-state index in [4.69, 9.17) is 4.74 Å². The first-order valence-electron chi connectivity index (χ1n) is 9.46. The number of aromatic amines is 1. The second kappa shape index (κ2) is 5.92. The highest BCUT2D eigenvalue weighted by Crippen LogP contribution is 2.34. The summed E-state index contributed by atoms with van der Waals surface area (Å²) < 4.78 is 7.69. The molecule has 1 N–H and O–H groups in total. The van der Waals surface area contributed by atoms with Gasteiger partial charge < -0.3 is 14.6 Å². The van der Waals surface area contributed by atoms with Gasteiger partial charge in [0, 0.05) is 32.1 Å². The number of nitrogens with one attached hydrogen (secondary N) is 1. The van der Waals surface area contributed by atoms with E-state index < -0.39 is 0 Å². The number of H-pyrrole nitrogens is 1. The Bertz CT molecular complexity index is 997. The Labute approximate surface area is 157 Å². The van der Waals surface area contributed by atoms with Gasteiger partial charge in [0.1, 0.15) is 5.82 Å². The van der Waals surface area contributed by atoms with Crippen LogP contribution in [0, 0.1) is 0 Å². The molecule has 0 spiro atoms. The predicted molar refractivity (Wildman–Crippen MR) is 101 cm³/mol. The molecule has 0 unspecified atom stereocenters. The van der Waals surface area contributed by atoms with E-state index in [9.17, 15) is 4.79 Å². The molecule has 0 bridgehead atoms. The smallest absolute Gasteiger partial charge is 0.274 e. The third-order valence-electron chi connectivity index (χ3n) is 5.67. The normalized spacial score (nSPS) is 22.7. The van der Waals surface area contributed by atoms with Crippen LogP contribution < -0.4 is 0 Å². The Hall–Kier alpha value is -2.67. The van der Waals surface area contributed by atoms with Gasteiger partial charge in [0.2, 0.25) is 0 Å². The van der Waals surface area contributed by atoms with Crippen molar-refractivity contribution in [3.05, 3.63) is 47.0 Å². The quantitative estimate of drug-likeness (QED) is 0.757. The maximum absolute atomic E-state index is 13.1. The Morgan fingerprint density at radius 1 is 1.26 bits per heavy atom. The van der Waals surface area contributed by atoms with Crippen LogP contribution in [0.5, 0.6) is 0 Å². The van der Waals surface area contributed by atoms with E-state index in [0.717, 1.165) is 34.5 Å². The van der Waals surface area contributed by atoms with Gasteiger partial charge in [-0.15, -0.1) is 0 Å². The number of likely N-dealkylation sites (tertiary alicyclic amines) is 1. The third kappa shape index (κ3) is 2.56. The van der Waals surface area contributed by atoms with Crippen LogP contribution in [0.25, 0.3) is 11.0 Å². The predicted octanol–water partition coefficient (Wildman–Crippen LogP) is 2.56. The number of nitrogens with zero attached hydrogens (tertiary/aromatic N) is 4. The van der Waals surface area contributed by atoms with Crippen LogP contribution in [0.3, 0.4) is 0 Å². The molecular weight excluding hydrogens is 342 g/mol. The lowest BCUT2D eigenvalue weighted by molar-refractivity contribution is -0.00909. The summed E-state index contributed by atoms with van der Waals surface area (Å²) in [4.78, 5) is 23.0. The van der Waals surface area contributed by atoms with Gasteiger partial charge in [0.05, 0.1) is 34.9 Å². The van der Waals surface area contributed by atoms with Crippen LogP contribution in [0.1, 0.15) is 53.4 Å². The second-order valence-electron chi connectivity index (χ2n) is 7.68. The van der Waals surface area contributed by atoms with Crippen LogP contribution in [0.15, 0.2) is 24.3 Å². The number of fused-ring (bicyclic) bond motifs is 2. The second-order valence-corrected chi connectivity index (χ2v) is 7.68. The summed E-state index contributed by atoms with van der Waals surface area (Å²) in [6.45, 7) is 5.41. The van der Waals surface area contributed by atoms with Crippen molar-refractivity contribution < 1.29 is 9.53 Å². The molecule has 27 heavy (non-hydrogen) atoms. The van der Waals surface area contributed by atoms with Gasteiger partial charge in [0.25, 0.3) is 5.91 Å². The molecule has 0 radical (unpaired) electrons. The number of hydrogen-bond donors (Lipinski definition) is 1. The van der Waals surface area contributed by atoms with Crippen molar-refractivity contribution in [2.75, 3.05) is 13.1 Å². The number of aromatic nitrogens is 4. The Balaban J connectivity index is 1.36. The number of benzene rings is 1. The van der Waals surface area contributed by atoms with Gasteiger partial charge in [0.15, 0.2) is 5.69 Å². The van der Waals surface area contributed by atoms with Crippen molar-refractivity contribution in [3.8, 4) is 0 Å². The molecule has 7 heteroatoms. The van der Waals surface area contributed by atoms with E-state index in [-0.39, 0.29) is 24.0 Å². The molecule has 5 rings (SSSR count). The number of ether oxygens (including phenoxy) is 1. The maximum Gasteiger partial charge on any atom is 0.274 e. The largest absolute Gasteiger partial charge is 0.369 e. The molecule has 3 aromatic rings. The minimum atomic E-state index is -0.0394. The van der Waals surface area contributed by atoms with Crippen LogP contribution in [-0.2, 0) is 18.2 Å². The van der Waals surface area contributed by atoms with E-state index in [2.05, 4.69) is 15.1 Å². The fourth-order valence-electron chi connectivity index (χ4n) is 4.34. The highest BCUT2D eigenvalue weighted by atomic mass is 16.5. The minimum Gasteiger partial charge on any atom is -0.369 e. The molecule has 2 aliphatic rings. The summed E-state index contributed by atoms with van der Waals surface area (Å²) in [5.74, 6) is 1.22. The van der Waals surface area contributed by atoms with Crippen molar-refractivity contribution in [1.82, 2.24) is 24.6 Å². The molecule has 4 heterocycles. The summed E-state index contributed by atoms with van der Waals surface area (Å²) in [6.07, 6.45) is 0.792. The molecule has 0 aliphatic carbocycles. The molecule has 2 atom stereocenters. The van der Waals surface area contributed by atoms with Gasteiger partial charge in [-0.2, -0.15) is 5.10 Å². The van der Waals surface area contributed by atoms with E-state index in [1.54, 1.807) is 4.68 Å². The van der Waals surface area contributed by atoms with Gasteiger partial charge in [-0.05, 0) is 26.0 Å². The van der Waals surface area contributed by atoms with Crippen molar-refractivity contribution in [2.24, 2.45) is 7.05 Å². The highest BCUT2D eigenvalue weighted by Gasteiger charge is 2.38. The molecule has 7 nitrogen and oxygen atoms in total. The van der Waals surface area contributed by atoms with Gasteiger partial charge in [-0.3, -0.25) is 9.48 Å². The summed E-state index contributed by atoms with van der Waals surface area (Å²) >= 11 is 0. The molecule has 1 saturated heterocycles. The van der Waals surface area contributed by atoms with Crippen molar-refractivity contribution in [1.29, 1.82) is 0 Å². The molecule has 0 saturated carbocycles. The number of imidazole rings is 1. The zero-order valence-electron chi connectivity index (χ0n) is 15.8. The molecule has 140 valence electrons. The lowest BCUT2D eigenvalue weighted by atomic mass is 9.96. The number of rotatable bonds is 2. The summed E-state index contributed by atoms with van der Waals surface area (Å²) in [7, 11) is 1.89. The third-order valence-corrected chi connectivity index (χ3v) is 5.67. The van der Waals surface area contributed by atoms with Crippen LogP contribution in [0.4, 0.5) is 0 Å². The number of hydrogen-bond acceptors (Lipinski definition) is 4. The van der Waals surface area contributed by atoms with Gasteiger partial charge in [-0.1, -0.05) is 12.1 Å². The molecular formula is C20H23N5O2. The summed E-state index contributed by atoms with van der Waals surface area (Å²) in [6, 6.07) is 8.01. The number of carbonyl (C=O) groups is 1. The zero-order chi connectivity index (χ0) is 18.7. The topological polar surface area (TPSA) is 76.0 Å². The fraction of sp³-hybridized carbons (Fsp3) is 0.450. The van der Waals surface area contributed by atoms with E-state index >= 15 is 0 Å². The highest BCUT2D eigenvalue weighted by molar-refractivity contribution is 5.95. The van der Waals surface area contributed by atoms with Crippen LogP contribution in [0.2, 0.25) is 0 Å². The minimum absolute atomic E-state index is 0.0144. The molecule has 1 amide bonds. The lowest BCUT2D eigenvalue weighted by Gasteiger charge is -2.38. The average molecular weight is 365 g/mol. The van der Waals surface area contributed by atoms with E-state index in [1.807, 2.05) is 50.1 Å². The number of aryl methyl sites for hydroxylation is 1. The SMILES string of the molecule is C[C@@H]1Cc2c(C(=O)N3CC(c4nc5ccccc5[nH]4)C3)nn(C)c2[C@H](C)O1. The van der Waals surface area contributed by atoms with Gasteiger partial charge >= 0.3 is 0 Å². The number of amides is 1. The van der Waals surface area contributed by atoms with E-state index in [0.29, 0.717) is 18.8 Å². The van der Waals surface area contributed by atoms with Crippen molar-refractivity contribution in [3.63, 3.8) is 0 Å². The Morgan fingerprint density at radius 3 is 2.81 bits per heavy atom. The van der Waals surface area contributed by atoms with E-state index in [1.165, 1.54) is 0 Å². The summed E-state index contributed by atoms with van der Waals surface area (Å²) in [5.41, 5.74) is 4.65. The molecule has 2 aromatic heterocycles. The number of carbonyl (C=O) groups excluding carboxylic acids is 1. The van der Waals surface area contributed by atoms with Crippen LogP contribution >= 0.6 is 0 Å².